The number of amides is 2. The summed E-state index contributed by atoms with van der Waals surface area (Å²) in [5.41, 5.74) is 0.937. The van der Waals surface area contributed by atoms with Gasteiger partial charge in [-0.3, -0.25) is 9.59 Å². The number of hydrogen-bond donors (Lipinski definition) is 0. The molecule has 2 heterocycles. The third-order valence-electron chi connectivity index (χ3n) is 5.36. The van der Waals surface area contributed by atoms with Gasteiger partial charge in [-0.05, 0) is 31.0 Å². The summed E-state index contributed by atoms with van der Waals surface area (Å²) in [6.07, 6.45) is 4.85. The van der Waals surface area contributed by atoms with E-state index in [-0.39, 0.29) is 17.9 Å². The van der Waals surface area contributed by atoms with Crippen LogP contribution in [0, 0.1) is 6.92 Å². The van der Waals surface area contributed by atoms with E-state index in [4.69, 9.17) is 4.74 Å². The fourth-order valence-electron chi connectivity index (χ4n) is 3.74. The maximum absolute atomic E-state index is 12.7. The number of carbonyl (C=O) groups is 2. The van der Waals surface area contributed by atoms with Crippen LogP contribution in [0.3, 0.4) is 0 Å². The van der Waals surface area contributed by atoms with E-state index in [1.54, 1.807) is 20.2 Å². The van der Waals surface area contributed by atoms with Crippen LogP contribution in [0.15, 0.2) is 36.7 Å². The van der Waals surface area contributed by atoms with Crippen molar-refractivity contribution in [1.29, 1.82) is 0 Å². The van der Waals surface area contributed by atoms with E-state index < -0.39 is 0 Å². The highest BCUT2D eigenvalue weighted by Crippen LogP contribution is 2.19. The van der Waals surface area contributed by atoms with Crippen LogP contribution in [-0.4, -0.2) is 64.0 Å². The minimum absolute atomic E-state index is 0.0462. The van der Waals surface area contributed by atoms with Crippen LogP contribution in [0.2, 0.25) is 0 Å². The maximum atomic E-state index is 12.7. The number of hydrogen-bond acceptors (Lipinski definition) is 4. The van der Waals surface area contributed by atoms with Crippen molar-refractivity contribution in [3.05, 3.63) is 48.0 Å². The minimum Gasteiger partial charge on any atom is -0.497 e. The van der Waals surface area contributed by atoms with Crippen LogP contribution in [0.5, 0.6) is 5.75 Å². The fraction of sp³-hybridized carbons (Fsp3) is 0.476. The number of benzene rings is 1. The van der Waals surface area contributed by atoms with Gasteiger partial charge >= 0.3 is 0 Å². The molecule has 0 spiro atoms. The molecule has 1 aromatic carbocycles. The van der Waals surface area contributed by atoms with Gasteiger partial charge in [-0.2, -0.15) is 0 Å². The molecule has 1 unspecified atom stereocenters. The zero-order chi connectivity index (χ0) is 20.1. The van der Waals surface area contributed by atoms with Gasteiger partial charge in [-0.1, -0.05) is 12.1 Å². The Balaban J connectivity index is 1.57. The van der Waals surface area contributed by atoms with Crippen molar-refractivity contribution in [1.82, 2.24) is 19.4 Å². The standard InChI is InChI=1S/C21H28N4O3/c1-16-22-8-10-23(16)11-12-25(17(2)26)19-7-9-24(15-19)21(27)14-18-5-4-6-20(13-18)28-3/h4-6,8,10,13,19H,7,9,11-12,14-15H2,1-3H3. The lowest BCUT2D eigenvalue weighted by Gasteiger charge is -2.28. The number of imidazole rings is 1. The van der Waals surface area contributed by atoms with Crippen LogP contribution < -0.4 is 4.74 Å². The summed E-state index contributed by atoms with van der Waals surface area (Å²) in [5.74, 6) is 1.82. The predicted octanol–water partition coefficient (Wildman–Crippen LogP) is 1.89. The number of aromatic nitrogens is 2. The average Bonchev–Trinajstić information content (AvgIpc) is 3.31. The van der Waals surface area contributed by atoms with Gasteiger partial charge in [0.25, 0.3) is 0 Å². The first-order valence-corrected chi connectivity index (χ1v) is 9.63. The number of aryl methyl sites for hydroxylation is 1. The number of likely N-dealkylation sites (tertiary alicyclic amines) is 1. The molecule has 1 aliphatic heterocycles. The summed E-state index contributed by atoms with van der Waals surface area (Å²) in [7, 11) is 1.62. The summed E-state index contributed by atoms with van der Waals surface area (Å²) in [5, 5.41) is 0. The van der Waals surface area contributed by atoms with Gasteiger partial charge in [0.2, 0.25) is 11.8 Å². The van der Waals surface area contributed by atoms with Crippen LogP contribution >= 0.6 is 0 Å². The monoisotopic (exact) mass is 384 g/mol. The Bertz CT molecular complexity index is 833. The first-order valence-electron chi connectivity index (χ1n) is 9.63. The fourth-order valence-corrected chi connectivity index (χ4v) is 3.74. The zero-order valence-electron chi connectivity index (χ0n) is 16.8. The molecule has 7 nitrogen and oxygen atoms in total. The van der Waals surface area contributed by atoms with E-state index in [0.717, 1.165) is 23.6 Å². The molecular weight excluding hydrogens is 356 g/mol. The third kappa shape index (κ3) is 4.71. The van der Waals surface area contributed by atoms with Crippen molar-refractivity contribution >= 4 is 11.8 Å². The molecule has 0 aliphatic carbocycles. The molecule has 150 valence electrons. The van der Waals surface area contributed by atoms with Crippen molar-refractivity contribution in [3.63, 3.8) is 0 Å². The molecule has 2 aromatic rings. The molecule has 1 aliphatic rings. The van der Waals surface area contributed by atoms with Crippen molar-refractivity contribution in [2.75, 3.05) is 26.7 Å². The lowest BCUT2D eigenvalue weighted by molar-refractivity contribution is -0.133. The second kappa shape index (κ2) is 8.91. The van der Waals surface area contributed by atoms with Crippen molar-refractivity contribution in [2.24, 2.45) is 0 Å². The molecular formula is C21H28N4O3. The number of carbonyl (C=O) groups excluding carboxylic acids is 2. The van der Waals surface area contributed by atoms with E-state index in [1.807, 2.05) is 51.8 Å². The van der Waals surface area contributed by atoms with Gasteiger partial charge in [0.05, 0.1) is 19.6 Å². The van der Waals surface area contributed by atoms with E-state index in [2.05, 4.69) is 4.98 Å². The van der Waals surface area contributed by atoms with Crippen molar-refractivity contribution < 1.29 is 14.3 Å². The van der Waals surface area contributed by atoms with E-state index in [9.17, 15) is 9.59 Å². The molecule has 0 saturated carbocycles. The Labute approximate surface area is 165 Å². The lowest BCUT2D eigenvalue weighted by Crippen LogP contribution is -2.43. The molecule has 2 amide bonds. The first-order chi connectivity index (χ1) is 13.5. The molecule has 3 rings (SSSR count). The predicted molar refractivity (Wildman–Crippen MR) is 106 cm³/mol. The Morgan fingerprint density at radius 2 is 2.18 bits per heavy atom. The van der Waals surface area contributed by atoms with E-state index >= 15 is 0 Å². The molecule has 1 atom stereocenters. The molecule has 1 aromatic heterocycles. The maximum Gasteiger partial charge on any atom is 0.227 e. The van der Waals surface area contributed by atoms with Crippen LogP contribution in [0.1, 0.15) is 24.7 Å². The SMILES string of the molecule is COc1cccc(CC(=O)N2CCC(N(CCn3ccnc3C)C(C)=O)C2)c1. The van der Waals surface area contributed by atoms with Gasteiger partial charge in [0.15, 0.2) is 0 Å². The zero-order valence-corrected chi connectivity index (χ0v) is 16.8. The number of nitrogens with zero attached hydrogens (tertiary/aromatic N) is 4. The van der Waals surface area contributed by atoms with E-state index in [0.29, 0.717) is 32.6 Å². The summed E-state index contributed by atoms with van der Waals surface area (Å²) in [4.78, 5) is 32.9. The minimum atomic E-state index is 0.0462. The molecule has 0 bridgehead atoms. The first kappa shape index (κ1) is 19.9. The van der Waals surface area contributed by atoms with Crippen LogP contribution in [0.25, 0.3) is 0 Å². The van der Waals surface area contributed by atoms with Gasteiger partial charge in [-0.25, -0.2) is 4.98 Å². The highest BCUT2D eigenvalue weighted by atomic mass is 16.5. The summed E-state index contributed by atoms with van der Waals surface area (Å²) in [6, 6.07) is 7.65. The highest BCUT2D eigenvalue weighted by molar-refractivity contribution is 5.79. The van der Waals surface area contributed by atoms with Gasteiger partial charge < -0.3 is 19.1 Å². The number of methoxy groups -OCH3 is 1. The Morgan fingerprint density at radius 1 is 1.36 bits per heavy atom. The van der Waals surface area contributed by atoms with E-state index in [1.165, 1.54) is 0 Å². The largest absolute Gasteiger partial charge is 0.497 e. The molecule has 1 saturated heterocycles. The molecule has 0 N–H and O–H groups in total. The Morgan fingerprint density at radius 3 is 2.86 bits per heavy atom. The second-order valence-corrected chi connectivity index (χ2v) is 7.19. The van der Waals surface area contributed by atoms with Gasteiger partial charge in [0.1, 0.15) is 11.6 Å². The van der Waals surface area contributed by atoms with Crippen LogP contribution in [-0.2, 0) is 22.6 Å². The lowest BCUT2D eigenvalue weighted by atomic mass is 10.1. The Kier molecular flexibility index (Phi) is 6.34. The average molecular weight is 384 g/mol. The van der Waals surface area contributed by atoms with Gasteiger partial charge in [0, 0.05) is 45.5 Å². The van der Waals surface area contributed by atoms with Gasteiger partial charge in [-0.15, -0.1) is 0 Å². The Hall–Kier alpha value is -2.83. The molecule has 0 radical (unpaired) electrons. The quantitative estimate of drug-likeness (QED) is 0.731. The molecule has 7 heteroatoms. The topological polar surface area (TPSA) is 67.7 Å². The summed E-state index contributed by atoms with van der Waals surface area (Å²) < 4.78 is 7.27. The summed E-state index contributed by atoms with van der Waals surface area (Å²) >= 11 is 0. The second-order valence-electron chi connectivity index (χ2n) is 7.19. The molecule has 28 heavy (non-hydrogen) atoms. The number of rotatable bonds is 7. The van der Waals surface area contributed by atoms with Crippen molar-refractivity contribution in [3.8, 4) is 5.75 Å². The number of ether oxygens (including phenoxy) is 1. The van der Waals surface area contributed by atoms with Crippen LogP contribution in [0.4, 0.5) is 0 Å². The van der Waals surface area contributed by atoms with Crippen molar-refractivity contribution in [2.45, 2.75) is 39.3 Å². The molecule has 1 fully saturated rings. The normalized spacial score (nSPS) is 16.2. The third-order valence-corrected chi connectivity index (χ3v) is 5.36. The smallest absolute Gasteiger partial charge is 0.227 e. The highest BCUT2D eigenvalue weighted by Gasteiger charge is 2.31. The summed E-state index contributed by atoms with van der Waals surface area (Å²) in [6.45, 7) is 6.15.